The molecule has 0 saturated carbocycles. The molecule has 5 N–H and O–H groups in total. The second kappa shape index (κ2) is 13.4. The van der Waals surface area contributed by atoms with E-state index in [1.54, 1.807) is 13.8 Å². The van der Waals surface area contributed by atoms with Gasteiger partial charge in [-0.25, -0.2) is 4.98 Å². The Morgan fingerprint density at radius 3 is 2.55 bits per heavy atom. The molecular formula is C32H45N5O. The molecule has 38 heavy (non-hydrogen) atoms. The lowest BCUT2D eigenvalue weighted by molar-refractivity contribution is -0.125. The average molecular weight is 516 g/mol. The molecule has 1 aliphatic heterocycles. The normalized spacial score (nSPS) is 14.8. The third-order valence-electron chi connectivity index (χ3n) is 7.03. The maximum Gasteiger partial charge on any atom is 0.239 e. The van der Waals surface area contributed by atoms with Gasteiger partial charge in [0.1, 0.15) is 5.82 Å². The summed E-state index contributed by atoms with van der Waals surface area (Å²) in [7, 11) is 0. The first-order valence-corrected chi connectivity index (χ1v) is 13.9. The lowest BCUT2D eigenvalue weighted by Gasteiger charge is -2.17. The number of rotatable bonds is 9. The number of carbonyl (C=O) groups excluding carboxylic acids is 1. The first-order chi connectivity index (χ1) is 18.2. The van der Waals surface area contributed by atoms with E-state index in [0.717, 1.165) is 36.6 Å². The van der Waals surface area contributed by atoms with Gasteiger partial charge < -0.3 is 21.4 Å². The maximum absolute atomic E-state index is 11.9. The first-order valence-electron chi connectivity index (χ1n) is 13.9. The summed E-state index contributed by atoms with van der Waals surface area (Å²) in [5, 5.41) is 6.31. The molecule has 0 bridgehead atoms. The lowest BCUT2D eigenvalue weighted by atomic mass is 9.95. The molecule has 2 heterocycles. The number of imidazole rings is 1. The number of aryl methyl sites for hydroxylation is 2. The molecule has 6 nitrogen and oxygen atoms in total. The number of fused-ring (bicyclic) bond motifs is 1. The molecule has 2 aromatic carbocycles. The van der Waals surface area contributed by atoms with Gasteiger partial charge in [0.25, 0.3) is 0 Å². The van der Waals surface area contributed by atoms with E-state index < -0.39 is 5.54 Å². The number of nitrogens with zero attached hydrogens (tertiary/aromatic N) is 1. The Labute approximate surface area is 228 Å². The van der Waals surface area contributed by atoms with Crippen LogP contribution in [-0.4, -0.2) is 28.0 Å². The fourth-order valence-electron chi connectivity index (χ4n) is 4.77. The lowest BCUT2D eigenvalue weighted by Crippen LogP contribution is -2.48. The highest BCUT2D eigenvalue weighted by molar-refractivity contribution is 5.84. The number of allylic oxidation sites excluding steroid dienone is 2. The Morgan fingerprint density at radius 2 is 1.87 bits per heavy atom. The molecule has 3 aromatic rings. The van der Waals surface area contributed by atoms with Gasteiger partial charge in [-0.15, -0.1) is 0 Å². The highest BCUT2D eigenvalue weighted by atomic mass is 16.2. The van der Waals surface area contributed by atoms with Crippen molar-refractivity contribution in [2.75, 3.05) is 11.9 Å². The number of nitrogens with two attached hydrogens (primary N) is 1. The van der Waals surface area contributed by atoms with Gasteiger partial charge in [-0.1, -0.05) is 68.8 Å². The van der Waals surface area contributed by atoms with Crippen LogP contribution in [0.5, 0.6) is 0 Å². The van der Waals surface area contributed by atoms with E-state index in [1.807, 2.05) is 0 Å². The number of H-pyrrole nitrogens is 1. The van der Waals surface area contributed by atoms with Crippen LogP contribution in [0.3, 0.4) is 0 Å². The fourth-order valence-corrected chi connectivity index (χ4v) is 4.77. The minimum Gasteiger partial charge on any atom is -0.384 e. The monoisotopic (exact) mass is 515 g/mol. The van der Waals surface area contributed by atoms with Gasteiger partial charge in [0.2, 0.25) is 5.91 Å². The molecule has 0 spiro atoms. The molecule has 4 rings (SSSR count). The molecule has 1 aliphatic rings. The van der Waals surface area contributed by atoms with Gasteiger partial charge in [-0.05, 0) is 75.3 Å². The van der Waals surface area contributed by atoms with Crippen LogP contribution in [0.15, 0.2) is 54.6 Å². The highest BCUT2D eigenvalue weighted by Crippen LogP contribution is 2.33. The maximum atomic E-state index is 11.9. The Morgan fingerprint density at radius 1 is 1.16 bits per heavy atom. The molecule has 0 radical (unpaired) electrons. The Bertz CT molecular complexity index is 1230. The predicted octanol–water partition coefficient (Wildman–Crippen LogP) is 6.14. The van der Waals surface area contributed by atoms with Crippen molar-refractivity contribution in [1.29, 1.82) is 0 Å². The summed E-state index contributed by atoms with van der Waals surface area (Å²) in [5.74, 6) is 1.04. The standard InChI is InChI=1S/C19H27N5O.C13H18/c1-4-14-16(9-12-10-21-15-8-6-5-7-13(12)15)24-17(23-14)11-22-18(25)19(2,3)20;1-4-8-12-9-6-7-10-13(12)11(3)5-2/h5-8,12,21H,4,9-11,20H2,1-3H3,(H,22,25)(H,23,24);5-7,9-10H,4,8H2,1-3H3/b;11-5-. The molecular weight excluding hydrogens is 470 g/mol. The molecule has 0 aliphatic carbocycles. The smallest absolute Gasteiger partial charge is 0.239 e. The van der Waals surface area contributed by atoms with Crippen molar-refractivity contribution in [2.45, 2.75) is 85.2 Å². The third-order valence-corrected chi connectivity index (χ3v) is 7.03. The van der Waals surface area contributed by atoms with Gasteiger partial charge in [0.15, 0.2) is 0 Å². The number of hydrogen-bond donors (Lipinski definition) is 4. The van der Waals surface area contributed by atoms with Gasteiger partial charge in [0.05, 0.1) is 17.8 Å². The fraction of sp³-hybridized carbons (Fsp3) is 0.438. The van der Waals surface area contributed by atoms with E-state index in [2.05, 4.69) is 103 Å². The van der Waals surface area contributed by atoms with Gasteiger partial charge >= 0.3 is 0 Å². The van der Waals surface area contributed by atoms with E-state index in [9.17, 15) is 4.79 Å². The third kappa shape index (κ3) is 7.57. The summed E-state index contributed by atoms with van der Waals surface area (Å²) in [6, 6.07) is 17.1. The molecule has 1 amide bonds. The van der Waals surface area contributed by atoms with E-state index in [4.69, 9.17) is 5.73 Å². The Hall–Kier alpha value is -3.38. The molecule has 0 fully saturated rings. The minimum atomic E-state index is -0.887. The van der Waals surface area contributed by atoms with Crippen molar-refractivity contribution in [3.05, 3.63) is 88.5 Å². The predicted molar refractivity (Wildman–Crippen MR) is 159 cm³/mol. The van der Waals surface area contributed by atoms with E-state index in [-0.39, 0.29) is 5.91 Å². The summed E-state index contributed by atoms with van der Waals surface area (Å²) in [6.07, 6.45) is 6.35. The Kier molecular flexibility index (Phi) is 10.3. The largest absolute Gasteiger partial charge is 0.384 e. The quantitative estimate of drug-likeness (QED) is 0.275. The number of hydrogen-bond acceptors (Lipinski definition) is 4. The summed E-state index contributed by atoms with van der Waals surface area (Å²) in [5.41, 5.74) is 14.0. The van der Waals surface area contributed by atoms with Crippen molar-refractivity contribution in [1.82, 2.24) is 15.3 Å². The summed E-state index contributed by atoms with van der Waals surface area (Å²) in [4.78, 5) is 20.0. The summed E-state index contributed by atoms with van der Waals surface area (Å²) < 4.78 is 0. The summed E-state index contributed by atoms with van der Waals surface area (Å²) in [6.45, 7) is 13.3. The number of amides is 1. The number of anilines is 1. The van der Waals surface area contributed by atoms with Crippen LogP contribution < -0.4 is 16.4 Å². The second-order valence-electron chi connectivity index (χ2n) is 10.6. The molecule has 1 unspecified atom stereocenters. The number of para-hydroxylation sites is 1. The van der Waals surface area contributed by atoms with E-state index in [1.165, 1.54) is 40.8 Å². The average Bonchev–Trinajstić information content (AvgIpc) is 3.51. The van der Waals surface area contributed by atoms with Crippen molar-refractivity contribution >= 4 is 17.2 Å². The topological polar surface area (TPSA) is 95.8 Å². The molecule has 6 heteroatoms. The van der Waals surface area contributed by atoms with Crippen molar-refractivity contribution < 1.29 is 4.79 Å². The molecule has 1 atom stereocenters. The second-order valence-corrected chi connectivity index (χ2v) is 10.6. The van der Waals surface area contributed by atoms with Crippen LogP contribution in [-0.2, 0) is 30.6 Å². The van der Waals surface area contributed by atoms with Crippen LogP contribution in [0, 0.1) is 0 Å². The van der Waals surface area contributed by atoms with E-state index in [0.29, 0.717) is 12.5 Å². The number of aromatic nitrogens is 2. The van der Waals surface area contributed by atoms with Crippen molar-refractivity contribution in [3.8, 4) is 0 Å². The number of nitrogens with one attached hydrogen (secondary N) is 3. The Balaban J connectivity index is 0.000000260. The zero-order valence-corrected chi connectivity index (χ0v) is 23.9. The zero-order chi connectivity index (χ0) is 27.7. The van der Waals surface area contributed by atoms with Gasteiger partial charge in [-0.3, -0.25) is 4.79 Å². The molecule has 1 aromatic heterocycles. The van der Waals surface area contributed by atoms with Crippen molar-refractivity contribution in [2.24, 2.45) is 5.73 Å². The zero-order valence-electron chi connectivity index (χ0n) is 23.9. The SMILES string of the molecule is C/C=C(/C)c1ccccc1CCC.CCc1nc(CNC(=O)C(C)(C)N)[nH]c1CC1CNc2ccccc21. The van der Waals surface area contributed by atoms with E-state index >= 15 is 0 Å². The van der Waals surface area contributed by atoms with Crippen LogP contribution in [0.1, 0.15) is 87.8 Å². The minimum absolute atomic E-state index is 0.183. The van der Waals surface area contributed by atoms with Gasteiger partial charge in [-0.2, -0.15) is 0 Å². The van der Waals surface area contributed by atoms with Crippen LogP contribution >= 0.6 is 0 Å². The molecule has 204 valence electrons. The van der Waals surface area contributed by atoms with Crippen molar-refractivity contribution in [3.63, 3.8) is 0 Å². The number of aromatic amines is 1. The highest BCUT2D eigenvalue weighted by Gasteiger charge is 2.25. The number of benzene rings is 2. The van der Waals surface area contributed by atoms with Crippen LogP contribution in [0.2, 0.25) is 0 Å². The van der Waals surface area contributed by atoms with Crippen LogP contribution in [0.4, 0.5) is 5.69 Å². The first kappa shape index (κ1) is 29.2. The number of carbonyl (C=O) groups is 1. The van der Waals surface area contributed by atoms with Crippen LogP contribution in [0.25, 0.3) is 5.57 Å². The van der Waals surface area contributed by atoms with Gasteiger partial charge in [0, 0.05) is 23.8 Å². The molecule has 0 saturated heterocycles. The summed E-state index contributed by atoms with van der Waals surface area (Å²) >= 11 is 0.